The van der Waals surface area contributed by atoms with Crippen molar-refractivity contribution in [1.82, 2.24) is 10.6 Å². The zero-order chi connectivity index (χ0) is 18.4. The summed E-state index contributed by atoms with van der Waals surface area (Å²) >= 11 is 0. The van der Waals surface area contributed by atoms with E-state index >= 15 is 0 Å². The Hall–Kier alpha value is -2.58. The molecule has 5 heteroatoms. The average Bonchev–Trinajstić information content (AvgIpc) is 3.21. The number of amides is 1. The van der Waals surface area contributed by atoms with Gasteiger partial charge in [0.15, 0.2) is 0 Å². The standard InChI is InChI=1S/C21H25N3O2/c1-16(20(25)24-21(15-22)12-6-3-7-13-21)23-19(18-11-8-14-26-18)17-9-4-2-5-10-17/h2,4-5,8-11,14,16,19,23H,3,6-7,12-13H2,1H3,(H,24,25)/t16-,19+/m0/s1. The van der Waals surface area contributed by atoms with Crippen LogP contribution in [-0.2, 0) is 4.79 Å². The summed E-state index contributed by atoms with van der Waals surface area (Å²) in [6, 6.07) is 15.3. The van der Waals surface area contributed by atoms with Gasteiger partial charge in [-0.15, -0.1) is 0 Å². The van der Waals surface area contributed by atoms with Crippen LogP contribution in [0.5, 0.6) is 0 Å². The normalized spacial score (nSPS) is 18.5. The van der Waals surface area contributed by atoms with Crippen LogP contribution in [-0.4, -0.2) is 17.5 Å². The highest BCUT2D eigenvalue weighted by molar-refractivity contribution is 5.82. The molecule has 2 N–H and O–H groups in total. The maximum Gasteiger partial charge on any atom is 0.238 e. The lowest BCUT2D eigenvalue weighted by Crippen LogP contribution is -2.54. The Bertz CT molecular complexity index is 743. The number of rotatable bonds is 6. The smallest absolute Gasteiger partial charge is 0.238 e. The summed E-state index contributed by atoms with van der Waals surface area (Å²) in [5.74, 6) is 0.601. The first-order valence-corrected chi connectivity index (χ1v) is 9.21. The summed E-state index contributed by atoms with van der Waals surface area (Å²) in [7, 11) is 0. The van der Waals surface area contributed by atoms with E-state index in [9.17, 15) is 10.1 Å². The molecule has 1 heterocycles. The molecule has 26 heavy (non-hydrogen) atoms. The predicted molar refractivity (Wildman–Crippen MR) is 99.2 cm³/mol. The Labute approximate surface area is 154 Å². The van der Waals surface area contributed by atoms with E-state index in [1.165, 1.54) is 0 Å². The van der Waals surface area contributed by atoms with Gasteiger partial charge in [0.25, 0.3) is 0 Å². The van der Waals surface area contributed by atoms with Crippen LogP contribution < -0.4 is 10.6 Å². The summed E-state index contributed by atoms with van der Waals surface area (Å²) in [4.78, 5) is 12.8. The number of hydrogen-bond donors (Lipinski definition) is 2. The van der Waals surface area contributed by atoms with E-state index in [2.05, 4.69) is 16.7 Å². The first-order valence-electron chi connectivity index (χ1n) is 9.21. The van der Waals surface area contributed by atoms with Crippen molar-refractivity contribution in [3.8, 4) is 6.07 Å². The van der Waals surface area contributed by atoms with Crippen LogP contribution in [0.1, 0.15) is 56.4 Å². The van der Waals surface area contributed by atoms with Gasteiger partial charge in [0.2, 0.25) is 5.91 Å². The van der Waals surface area contributed by atoms with Crippen LogP contribution in [0, 0.1) is 11.3 Å². The van der Waals surface area contributed by atoms with Gasteiger partial charge < -0.3 is 9.73 Å². The van der Waals surface area contributed by atoms with Gasteiger partial charge in [-0.25, -0.2) is 0 Å². The maximum atomic E-state index is 12.8. The molecule has 5 nitrogen and oxygen atoms in total. The summed E-state index contributed by atoms with van der Waals surface area (Å²) in [6.07, 6.45) is 6.17. The van der Waals surface area contributed by atoms with Gasteiger partial charge in [0, 0.05) is 0 Å². The van der Waals surface area contributed by atoms with Crippen LogP contribution in [0.15, 0.2) is 53.1 Å². The molecule has 2 aromatic rings. The fourth-order valence-corrected chi connectivity index (χ4v) is 3.53. The molecular weight excluding hydrogens is 326 g/mol. The molecule has 0 saturated heterocycles. The van der Waals surface area contributed by atoms with Gasteiger partial charge in [-0.3, -0.25) is 10.1 Å². The molecule has 136 valence electrons. The van der Waals surface area contributed by atoms with Crippen LogP contribution in [0.2, 0.25) is 0 Å². The molecule has 1 amide bonds. The lowest BCUT2D eigenvalue weighted by Gasteiger charge is -2.33. The number of nitriles is 1. The highest BCUT2D eigenvalue weighted by Gasteiger charge is 2.35. The molecule has 1 aromatic heterocycles. The topological polar surface area (TPSA) is 78.1 Å². The van der Waals surface area contributed by atoms with Gasteiger partial charge in [-0.05, 0) is 37.5 Å². The van der Waals surface area contributed by atoms with E-state index in [0.717, 1.165) is 43.4 Å². The summed E-state index contributed by atoms with van der Waals surface area (Å²) in [5.41, 5.74) is 0.299. The van der Waals surface area contributed by atoms with Crippen molar-refractivity contribution in [2.45, 2.75) is 56.7 Å². The summed E-state index contributed by atoms with van der Waals surface area (Å²) in [6.45, 7) is 1.82. The number of nitrogens with one attached hydrogen (secondary N) is 2. The van der Waals surface area contributed by atoms with Crippen molar-refractivity contribution in [1.29, 1.82) is 5.26 Å². The lowest BCUT2D eigenvalue weighted by molar-refractivity contribution is -0.124. The number of carbonyl (C=O) groups excluding carboxylic acids is 1. The van der Waals surface area contributed by atoms with Crippen LogP contribution >= 0.6 is 0 Å². The van der Waals surface area contributed by atoms with Gasteiger partial charge in [0.1, 0.15) is 11.3 Å². The molecule has 3 rings (SSSR count). The van der Waals surface area contributed by atoms with Crippen LogP contribution in [0.25, 0.3) is 0 Å². The van der Waals surface area contributed by atoms with Crippen molar-refractivity contribution in [3.63, 3.8) is 0 Å². The predicted octanol–water partition coefficient (Wildman–Crippen LogP) is 3.69. The Kier molecular flexibility index (Phi) is 5.75. The van der Waals surface area contributed by atoms with Gasteiger partial charge in [-0.1, -0.05) is 49.6 Å². The fourth-order valence-electron chi connectivity index (χ4n) is 3.53. The molecule has 1 aliphatic rings. The Morgan fingerprint density at radius 2 is 1.88 bits per heavy atom. The molecule has 0 radical (unpaired) electrons. The molecule has 0 unspecified atom stereocenters. The lowest BCUT2D eigenvalue weighted by atomic mass is 9.82. The van der Waals surface area contributed by atoms with E-state index < -0.39 is 11.6 Å². The number of benzene rings is 1. The number of furan rings is 1. The van der Waals surface area contributed by atoms with Crippen LogP contribution in [0.4, 0.5) is 0 Å². The first-order chi connectivity index (χ1) is 12.6. The Balaban J connectivity index is 1.72. The Morgan fingerprint density at radius 3 is 2.50 bits per heavy atom. The third-order valence-electron chi connectivity index (χ3n) is 5.05. The second-order valence-corrected chi connectivity index (χ2v) is 6.99. The van der Waals surface area contributed by atoms with Crippen molar-refractivity contribution in [2.24, 2.45) is 0 Å². The minimum absolute atomic E-state index is 0.152. The molecular formula is C21H25N3O2. The fraction of sp³-hybridized carbons (Fsp3) is 0.429. The van der Waals surface area contributed by atoms with Crippen molar-refractivity contribution >= 4 is 5.91 Å². The second kappa shape index (κ2) is 8.20. The third-order valence-corrected chi connectivity index (χ3v) is 5.05. The highest BCUT2D eigenvalue weighted by atomic mass is 16.3. The number of carbonyl (C=O) groups is 1. The van der Waals surface area contributed by atoms with Crippen molar-refractivity contribution in [2.75, 3.05) is 0 Å². The highest BCUT2D eigenvalue weighted by Crippen LogP contribution is 2.28. The molecule has 1 aliphatic carbocycles. The van der Waals surface area contributed by atoms with Crippen molar-refractivity contribution < 1.29 is 9.21 Å². The quantitative estimate of drug-likeness (QED) is 0.832. The van der Waals surface area contributed by atoms with Crippen LogP contribution in [0.3, 0.4) is 0 Å². The molecule has 1 saturated carbocycles. The van der Waals surface area contributed by atoms with E-state index in [0.29, 0.717) is 0 Å². The van der Waals surface area contributed by atoms with Crippen molar-refractivity contribution in [3.05, 3.63) is 60.1 Å². The zero-order valence-electron chi connectivity index (χ0n) is 15.1. The largest absolute Gasteiger partial charge is 0.467 e. The van der Waals surface area contributed by atoms with Gasteiger partial charge in [-0.2, -0.15) is 5.26 Å². The van der Waals surface area contributed by atoms with E-state index in [-0.39, 0.29) is 11.9 Å². The molecule has 0 aliphatic heterocycles. The number of nitrogens with zero attached hydrogens (tertiary/aromatic N) is 1. The molecule has 1 aromatic carbocycles. The summed E-state index contributed by atoms with van der Waals surface area (Å²) in [5, 5.41) is 15.9. The third kappa shape index (κ3) is 4.14. The Morgan fingerprint density at radius 1 is 1.15 bits per heavy atom. The minimum Gasteiger partial charge on any atom is -0.467 e. The average molecular weight is 351 g/mol. The first kappa shape index (κ1) is 18.2. The van der Waals surface area contributed by atoms with E-state index in [1.807, 2.05) is 49.4 Å². The zero-order valence-corrected chi connectivity index (χ0v) is 15.1. The summed E-state index contributed by atoms with van der Waals surface area (Å²) < 4.78 is 5.58. The second-order valence-electron chi connectivity index (χ2n) is 6.99. The molecule has 1 fully saturated rings. The van der Waals surface area contributed by atoms with Gasteiger partial charge in [0.05, 0.1) is 24.4 Å². The van der Waals surface area contributed by atoms with Gasteiger partial charge >= 0.3 is 0 Å². The molecule has 2 atom stereocenters. The van der Waals surface area contributed by atoms with E-state index in [4.69, 9.17) is 4.42 Å². The van der Waals surface area contributed by atoms with E-state index in [1.54, 1.807) is 6.26 Å². The molecule has 0 bridgehead atoms. The molecule has 0 spiro atoms. The monoisotopic (exact) mass is 351 g/mol. The number of hydrogen-bond acceptors (Lipinski definition) is 4. The minimum atomic E-state index is -0.724. The SMILES string of the molecule is C[C@H](N[C@H](c1ccccc1)c1ccco1)C(=O)NC1(C#N)CCCCC1. The maximum absolute atomic E-state index is 12.8.